The summed E-state index contributed by atoms with van der Waals surface area (Å²) in [5, 5.41) is 0. The summed E-state index contributed by atoms with van der Waals surface area (Å²) >= 11 is 0. The molecule has 1 saturated carbocycles. The number of benzene rings is 1. The van der Waals surface area contributed by atoms with Gasteiger partial charge >= 0.3 is 0 Å². The van der Waals surface area contributed by atoms with Gasteiger partial charge in [0.1, 0.15) is 0 Å². The fourth-order valence-electron chi connectivity index (χ4n) is 3.81. The summed E-state index contributed by atoms with van der Waals surface area (Å²) in [4.78, 5) is 2.09. The molecule has 0 spiro atoms. The molecule has 3 rings (SSSR count). The Morgan fingerprint density at radius 2 is 1.92 bits per heavy atom. The van der Waals surface area contributed by atoms with Crippen LogP contribution in [0.4, 0.5) is 0 Å². The molecule has 0 amide bonds. The van der Waals surface area contributed by atoms with Gasteiger partial charge in [-0.2, -0.15) is 4.31 Å². The van der Waals surface area contributed by atoms with Crippen molar-refractivity contribution in [1.82, 2.24) is 9.21 Å². The molecule has 2 bridgehead atoms. The first-order valence-electron chi connectivity index (χ1n) is 8.68. The molecule has 134 valence electrons. The summed E-state index contributed by atoms with van der Waals surface area (Å²) < 4.78 is 33.5. The smallest absolute Gasteiger partial charge is 0.218 e. The summed E-state index contributed by atoms with van der Waals surface area (Å²) in [7, 11) is 0.749. The van der Waals surface area contributed by atoms with Crippen molar-refractivity contribution in [2.45, 2.75) is 37.7 Å². The van der Waals surface area contributed by atoms with E-state index in [2.05, 4.69) is 4.90 Å². The van der Waals surface area contributed by atoms with E-state index in [0.717, 1.165) is 30.5 Å². The molecular formula is C18H28N2O3S. The Labute approximate surface area is 145 Å². The van der Waals surface area contributed by atoms with E-state index >= 15 is 0 Å². The van der Waals surface area contributed by atoms with Gasteiger partial charge in [0.2, 0.25) is 10.0 Å². The number of piperidine rings is 1. The number of likely N-dealkylation sites (N-methyl/N-ethyl adjacent to an activating group) is 1. The Balaban J connectivity index is 1.65. The van der Waals surface area contributed by atoms with Crippen LogP contribution in [0.5, 0.6) is 0 Å². The van der Waals surface area contributed by atoms with Crippen molar-refractivity contribution >= 4 is 10.0 Å². The number of nitrogens with zero attached hydrogens (tertiary/aromatic N) is 2. The van der Waals surface area contributed by atoms with Gasteiger partial charge in [0.05, 0.1) is 24.5 Å². The number of hydrogen-bond acceptors (Lipinski definition) is 4. The third-order valence-corrected chi connectivity index (χ3v) is 6.97. The van der Waals surface area contributed by atoms with Crippen molar-refractivity contribution < 1.29 is 13.2 Å². The maximum atomic E-state index is 12.9. The lowest BCUT2D eigenvalue weighted by Gasteiger charge is -2.26. The predicted octanol–water partition coefficient (Wildman–Crippen LogP) is 1.87. The normalized spacial score (nSPS) is 27.2. The van der Waals surface area contributed by atoms with Crippen molar-refractivity contribution in [2.24, 2.45) is 5.92 Å². The van der Waals surface area contributed by atoms with E-state index in [1.807, 2.05) is 45.3 Å². The lowest BCUT2D eigenvalue weighted by Crippen LogP contribution is -2.40. The van der Waals surface area contributed by atoms with Crippen LogP contribution in [0.25, 0.3) is 0 Å². The Kier molecular flexibility index (Phi) is 5.30. The molecule has 0 radical (unpaired) electrons. The van der Waals surface area contributed by atoms with Gasteiger partial charge in [-0.1, -0.05) is 29.8 Å². The molecule has 3 atom stereocenters. The fourth-order valence-corrected chi connectivity index (χ4v) is 5.65. The van der Waals surface area contributed by atoms with Crippen LogP contribution in [-0.2, 0) is 20.5 Å². The maximum Gasteiger partial charge on any atom is 0.218 e. The summed E-state index contributed by atoms with van der Waals surface area (Å²) in [6, 6.07) is 7.77. The van der Waals surface area contributed by atoms with Crippen molar-refractivity contribution in [2.75, 3.05) is 33.8 Å². The highest BCUT2D eigenvalue weighted by atomic mass is 32.2. The summed E-state index contributed by atoms with van der Waals surface area (Å²) in [6.45, 7) is 4.15. The molecule has 0 aromatic heterocycles. The molecule has 1 heterocycles. The average molecular weight is 353 g/mol. The quantitative estimate of drug-likeness (QED) is 0.752. The SMILES string of the molecule is Cc1ccc(CS(=O)(=O)N2CC3CCC2C3OCCN(C)C)cc1. The lowest BCUT2D eigenvalue weighted by molar-refractivity contribution is 0.0261. The third-order valence-electron chi connectivity index (χ3n) is 5.14. The maximum absolute atomic E-state index is 12.9. The lowest BCUT2D eigenvalue weighted by atomic mass is 10.1. The number of sulfonamides is 1. The largest absolute Gasteiger partial charge is 0.375 e. The highest BCUT2D eigenvalue weighted by molar-refractivity contribution is 7.88. The second-order valence-electron chi connectivity index (χ2n) is 7.35. The van der Waals surface area contributed by atoms with Gasteiger partial charge in [0, 0.05) is 19.0 Å². The van der Waals surface area contributed by atoms with E-state index < -0.39 is 10.0 Å². The van der Waals surface area contributed by atoms with Crippen molar-refractivity contribution in [1.29, 1.82) is 0 Å². The molecule has 2 fully saturated rings. The minimum Gasteiger partial charge on any atom is -0.375 e. The van der Waals surface area contributed by atoms with Gasteiger partial charge in [0.25, 0.3) is 0 Å². The Hall–Kier alpha value is -0.950. The molecule has 24 heavy (non-hydrogen) atoms. The molecule has 1 saturated heterocycles. The molecule has 2 aliphatic rings. The van der Waals surface area contributed by atoms with Gasteiger partial charge in [0.15, 0.2) is 0 Å². The monoisotopic (exact) mass is 352 g/mol. The van der Waals surface area contributed by atoms with Crippen LogP contribution in [0, 0.1) is 12.8 Å². The highest BCUT2D eigenvalue weighted by Gasteiger charge is 2.51. The zero-order chi connectivity index (χ0) is 17.3. The molecule has 1 aromatic rings. The van der Waals surface area contributed by atoms with Crippen LogP contribution >= 0.6 is 0 Å². The Morgan fingerprint density at radius 1 is 1.21 bits per heavy atom. The molecule has 5 nitrogen and oxygen atoms in total. The van der Waals surface area contributed by atoms with Crippen LogP contribution in [0.1, 0.15) is 24.0 Å². The fraction of sp³-hybridized carbons (Fsp3) is 0.667. The summed E-state index contributed by atoms with van der Waals surface area (Å²) in [5.74, 6) is 0.436. The minimum absolute atomic E-state index is 0.0209. The van der Waals surface area contributed by atoms with Gasteiger partial charge < -0.3 is 9.64 Å². The van der Waals surface area contributed by atoms with E-state index in [-0.39, 0.29) is 17.9 Å². The van der Waals surface area contributed by atoms with Crippen molar-refractivity contribution in [3.05, 3.63) is 35.4 Å². The number of fused-ring (bicyclic) bond motifs is 2. The predicted molar refractivity (Wildman–Crippen MR) is 95.3 cm³/mol. The number of hydrogen-bond donors (Lipinski definition) is 0. The standard InChI is InChI=1S/C18H28N2O3S/c1-14-4-6-15(7-5-14)13-24(21,22)20-12-16-8-9-17(20)18(16)23-11-10-19(2)3/h4-7,16-18H,8-13H2,1-3H3. The van der Waals surface area contributed by atoms with Crippen LogP contribution in [0.2, 0.25) is 0 Å². The molecule has 1 aliphatic carbocycles. The molecule has 3 unspecified atom stereocenters. The van der Waals surface area contributed by atoms with Crippen molar-refractivity contribution in [3.63, 3.8) is 0 Å². The molecule has 6 heteroatoms. The molecule has 1 aromatic carbocycles. The van der Waals surface area contributed by atoms with Crippen LogP contribution in [-0.4, -0.2) is 63.6 Å². The first-order chi connectivity index (χ1) is 11.4. The van der Waals surface area contributed by atoms with E-state index in [1.54, 1.807) is 4.31 Å². The van der Waals surface area contributed by atoms with E-state index in [1.165, 1.54) is 0 Å². The van der Waals surface area contributed by atoms with Crippen LogP contribution in [0.3, 0.4) is 0 Å². The summed E-state index contributed by atoms with van der Waals surface area (Å²) in [5.41, 5.74) is 2.00. The van der Waals surface area contributed by atoms with E-state index in [9.17, 15) is 8.42 Å². The molecular weight excluding hydrogens is 324 g/mol. The van der Waals surface area contributed by atoms with Crippen molar-refractivity contribution in [3.8, 4) is 0 Å². The van der Waals surface area contributed by atoms with Crippen LogP contribution in [0.15, 0.2) is 24.3 Å². The summed E-state index contributed by atoms with van der Waals surface area (Å²) in [6.07, 6.45) is 2.07. The topological polar surface area (TPSA) is 49.9 Å². The van der Waals surface area contributed by atoms with Gasteiger partial charge in [-0.3, -0.25) is 0 Å². The number of aryl methyl sites for hydroxylation is 1. The van der Waals surface area contributed by atoms with E-state index in [0.29, 0.717) is 19.1 Å². The second-order valence-corrected chi connectivity index (χ2v) is 9.28. The average Bonchev–Trinajstić information content (AvgIpc) is 3.07. The Morgan fingerprint density at radius 3 is 2.58 bits per heavy atom. The first kappa shape index (κ1) is 17.9. The molecule has 0 N–H and O–H groups in total. The zero-order valence-electron chi connectivity index (χ0n) is 14.8. The minimum atomic E-state index is -3.29. The first-order valence-corrected chi connectivity index (χ1v) is 10.3. The van der Waals surface area contributed by atoms with E-state index in [4.69, 9.17) is 4.74 Å². The van der Waals surface area contributed by atoms with Gasteiger partial charge in [-0.25, -0.2) is 8.42 Å². The third kappa shape index (κ3) is 3.82. The second kappa shape index (κ2) is 7.12. The Bertz CT molecular complexity index is 657. The van der Waals surface area contributed by atoms with Gasteiger partial charge in [-0.05, 0) is 39.4 Å². The van der Waals surface area contributed by atoms with Crippen LogP contribution < -0.4 is 0 Å². The van der Waals surface area contributed by atoms with Gasteiger partial charge in [-0.15, -0.1) is 0 Å². The molecule has 1 aliphatic heterocycles. The highest BCUT2D eigenvalue weighted by Crippen LogP contribution is 2.41. The zero-order valence-corrected chi connectivity index (χ0v) is 15.6. The number of rotatable bonds is 7. The number of ether oxygens (including phenoxy) is 1.